The zero-order valence-electron chi connectivity index (χ0n) is 16.1. The Kier molecular flexibility index (Phi) is 7.84. The smallest absolute Gasteiger partial charge is 0.254 e. The number of benzene rings is 1. The second-order valence-corrected chi connectivity index (χ2v) is 6.96. The Labute approximate surface area is 182 Å². The van der Waals surface area contributed by atoms with Crippen LogP contribution in [0.2, 0.25) is 0 Å². The monoisotopic (exact) mass is 437 g/mol. The molecule has 1 unspecified atom stereocenters. The van der Waals surface area contributed by atoms with E-state index in [1.165, 1.54) is 0 Å². The Morgan fingerprint density at radius 3 is 2.79 bits per heavy atom. The fourth-order valence-corrected chi connectivity index (χ4v) is 3.69. The van der Waals surface area contributed by atoms with Gasteiger partial charge in [0.05, 0.1) is 17.4 Å². The second-order valence-electron chi connectivity index (χ2n) is 6.96. The summed E-state index contributed by atoms with van der Waals surface area (Å²) in [6.45, 7) is 2.74. The molecule has 156 valence electrons. The van der Waals surface area contributed by atoms with Crippen molar-refractivity contribution < 1.29 is 9.59 Å². The van der Waals surface area contributed by atoms with Gasteiger partial charge in [-0.25, -0.2) is 0 Å². The average molecular weight is 438 g/mol. The zero-order chi connectivity index (χ0) is 18.8. The molecule has 2 aliphatic rings. The van der Waals surface area contributed by atoms with Crippen LogP contribution in [0.1, 0.15) is 28.4 Å². The van der Waals surface area contributed by atoms with Crippen LogP contribution in [0.3, 0.4) is 0 Å². The van der Waals surface area contributed by atoms with Gasteiger partial charge in [-0.3, -0.25) is 14.6 Å². The van der Waals surface area contributed by atoms with Gasteiger partial charge in [0.2, 0.25) is 5.91 Å². The van der Waals surface area contributed by atoms with Crippen molar-refractivity contribution in [2.24, 2.45) is 0 Å². The first kappa shape index (κ1) is 22.9. The number of nitrogens with zero attached hydrogens (tertiary/aromatic N) is 3. The summed E-state index contributed by atoms with van der Waals surface area (Å²) in [6, 6.07) is 9.38. The van der Waals surface area contributed by atoms with E-state index < -0.39 is 0 Å². The summed E-state index contributed by atoms with van der Waals surface area (Å²) in [5.41, 5.74) is 3.22. The minimum atomic E-state index is -0.0592. The Morgan fingerprint density at radius 2 is 2.03 bits per heavy atom. The van der Waals surface area contributed by atoms with Gasteiger partial charge in [-0.1, -0.05) is 6.07 Å². The van der Waals surface area contributed by atoms with Crippen LogP contribution in [0.25, 0.3) is 0 Å². The van der Waals surface area contributed by atoms with Gasteiger partial charge in [-0.05, 0) is 29.8 Å². The summed E-state index contributed by atoms with van der Waals surface area (Å²) in [4.78, 5) is 33.3. The molecule has 3 heterocycles. The van der Waals surface area contributed by atoms with E-state index in [1.54, 1.807) is 12.3 Å². The van der Waals surface area contributed by atoms with Crippen molar-refractivity contribution in [2.75, 3.05) is 43.4 Å². The van der Waals surface area contributed by atoms with Crippen molar-refractivity contribution >= 4 is 48.0 Å². The molecule has 2 aliphatic heterocycles. The molecule has 0 saturated carbocycles. The molecule has 2 amide bonds. The summed E-state index contributed by atoms with van der Waals surface area (Å²) in [5, 5.41) is 6.27. The van der Waals surface area contributed by atoms with Crippen LogP contribution in [0, 0.1) is 0 Å². The van der Waals surface area contributed by atoms with Crippen molar-refractivity contribution in [1.82, 2.24) is 15.2 Å². The summed E-state index contributed by atoms with van der Waals surface area (Å²) < 4.78 is 0. The Bertz CT molecular complexity index is 865. The number of carbonyl (C=O) groups is 2. The molecule has 2 aromatic rings. The van der Waals surface area contributed by atoms with Crippen molar-refractivity contribution in [2.45, 2.75) is 12.5 Å². The van der Waals surface area contributed by atoms with Crippen LogP contribution in [-0.4, -0.2) is 54.9 Å². The van der Waals surface area contributed by atoms with Crippen LogP contribution < -0.4 is 15.5 Å². The fraction of sp³-hybridized carbons (Fsp3) is 0.350. The molecule has 1 aromatic heterocycles. The summed E-state index contributed by atoms with van der Waals surface area (Å²) in [5.74, 6) is -0.0603. The molecule has 0 radical (unpaired) electrons. The summed E-state index contributed by atoms with van der Waals surface area (Å²) in [7, 11) is 1.95. The van der Waals surface area contributed by atoms with Gasteiger partial charge in [-0.15, -0.1) is 24.8 Å². The van der Waals surface area contributed by atoms with Gasteiger partial charge in [0.25, 0.3) is 5.91 Å². The fourth-order valence-electron chi connectivity index (χ4n) is 3.69. The largest absolute Gasteiger partial charge is 0.372 e. The number of pyridine rings is 1. The van der Waals surface area contributed by atoms with Crippen molar-refractivity contribution in [3.8, 4) is 0 Å². The quantitative estimate of drug-likeness (QED) is 0.754. The molecule has 1 aromatic carbocycles. The van der Waals surface area contributed by atoms with Crippen LogP contribution >= 0.6 is 24.8 Å². The molecule has 1 saturated heterocycles. The number of fused-ring (bicyclic) bond motifs is 1. The Hall–Kier alpha value is -2.35. The topological polar surface area (TPSA) is 77.6 Å². The number of amides is 2. The number of anilines is 2. The van der Waals surface area contributed by atoms with Gasteiger partial charge < -0.3 is 20.4 Å². The molecular weight excluding hydrogens is 413 g/mol. The van der Waals surface area contributed by atoms with Gasteiger partial charge in [0.1, 0.15) is 0 Å². The van der Waals surface area contributed by atoms with Crippen molar-refractivity contribution in [3.05, 3.63) is 53.9 Å². The highest BCUT2D eigenvalue weighted by Gasteiger charge is 2.29. The number of hydrogen-bond acceptors (Lipinski definition) is 5. The lowest BCUT2D eigenvalue weighted by Crippen LogP contribution is -2.48. The number of nitrogens with one attached hydrogen (secondary N) is 2. The van der Waals surface area contributed by atoms with Crippen LogP contribution in [0.4, 0.5) is 11.4 Å². The standard InChI is InChI=1S/C20H23N5O2.2ClH/c1-24-9-6-19(26)23-16-11-14(4-5-17(16)24)20(27)25-10-8-22-13-18(25)15-3-2-7-21-12-15;;/h2-5,7,11-12,18,22H,6,8-10,13H2,1H3,(H,23,26);2*1H. The van der Waals surface area contributed by atoms with Gasteiger partial charge >= 0.3 is 0 Å². The maximum atomic E-state index is 13.3. The summed E-state index contributed by atoms with van der Waals surface area (Å²) >= 11 is 0. The van der Waals surface area contributed by atoms with E-state index in [1.807, 2.05) is 47.3 Å². The van der Waals surface area contributed by atoms with E-state index >= 15 is 0 Å². The molecule has 1 atom stereocenters. The number of carbonyl (C=O) groups excluding carboxylic acids is 2. The van der Waals surface area contributed by atoms with E-state index in [0.29, 0.717) is 37.3 Å². The highest BCUT2D eigenvalue weighted by Crippen LogP contribution is 2.31. The van der Waals surface area contributed by atoms with E-state index in [4.69, 9.17) is 0 Å². The number of halogens is 2. The molecule has 2 N–H and O–H groups in total. The highest BCUT2D eigenvalue weighted by atomic mass is 35.5. The lowest BCUT2D eigenvalue weighted by Gasteiger charge is -2.36. The molecule has 29 heavy (non-hydrogen) atoms. The maximum absolute atomic E-state index is 13.3. The summed E-state index contributed by atoms with van der Waals surface area (Å²) in [6.07, 6.45) is 3.98. The molecular formula is C20H25Cl2N5O2. The first-order valence-electron chi connectivity index (χ1n) is 9.20. The minimum absolute atomic E-state index is 0. The van der Waals surface area contributed by atoms with Gasteiger partial charge in [0.15, 0.2) is 0 Å². The van der Waals surface area contributed by atoms with E-state index in [9.17, 15) is 9.59 Å². The maximum Gasteiger partial charge on any atom is 0.254 e. The van der Waals surface area contributed by atoms with Crippen molar-refractivity contribution in [3.63, 3.8) is 0 Å². The Balaban J connectivity index is 0.00000150. The normalized spacial score (nSPS) is 18.5. The average Bonchev–Trinajstić information content (AvgIpc) is 2.86. The third-order valence-corrected chi connectivity index (χ3v) is 5.18. The molecule has 7 nitrogen and oxygen atoms in total. The van der Waals surface area contributed by atoms with E-state index in [-0.39, 0.29) is 42.7 Å². The second kappa shape index (κ2) is 9.91. The third-order valence-electron chi connectivity index (χ3n) is 5.18. The SMILES string of the molecule is CN1CCC(=O)Nc2cc(C(=O)N3CCNCC3c3cccnc3)ccc21.Cl.Cl. The molecule has 0 aliphatic carbocycles. The van der Waals surface area contributed by atoms with E-state index in [0.717, 1.165) is 17.8 Å². The first-order chi connectivity index (χ1) is 13.1. The lowest BCUT2D eigenvalue weighted by atomic mass is 10.0. The first-order valence-corrected chi connectivity index (χ1v) is 9.20. The zero-order valence-corrected chi connectivity index (χ0v) is 17.8. The van der Waals surface area contributed by atoms with Crippen molar-refractivity contribution in [1.29, 1.82) is 0 Å². The molecule has 1 fully saturated rings. The third kappa shape index (κ3) is 4.80. The predicted octanol–water partition coefficient (Wildman–Crippen LogP) is 2.49. The number of aromatic nitrogens is 1. The van der Waals surface area contributed by atoms with Gasteiger partial charge in [-0.2, -0.15) is 0 Å². The van der Waals surface area contributed by atoms with Gasteiger partial charge in [0, 0.05) is 57.6 Å². The number of rotatable bonds is 2. The highest BCUT2D eigenvalue weighted by molar-refractivity contribution is 6.01. The molecule has 9 heteroatoms. The Morgan fingerprint density at radius 1 is 1.21 bits per heavy atom. The predicted molar refractivity (Wildman–Crippen MR) is 118 cm³/mol. The lowest BCUT2D eigenvalue weighted by molar-refractivity contribution is -0.115. The number of hydrogen-bond donors (Lipinski definition) is 2. The van der Waals surface area contributed by atoms with E-state index in [2.05, 4.69) is 15.6 Å². The molecule has 4 rings (SSSR count). The number of piperazine rings is 1. The van der Waals surface area contributed by atoms with Crippen LogP contribution in [0.15, 0.2) is 42.7 Å². The molecule has 0 bridgehead atoms. The minimum Gasteiger partial charge on any atom is -0.372 e. The molecule has 0 spiro atoms. The van der Waals surface area contributed by atoms with Crippen LogP contribution in [0.5, 0.6) is 0 Å². The van der Waals surface area contributed by atoms with Crippen LogP contribution in [-0.2, 0) is 4.79 Å².